The maximum absolute atomic E-state index is 12.8. The Balaban J connectivity index is 1.78. The van der Waals surface area contributed by atoms with Gasteiger partial charge in [0, 0.05) is 12.0 Å². The molecular formula is C18H21FN4O4. The summed E-state index contributed by atoms with van der Waals surface area (Å²) in [6.45, 7) is 6.23. The first kappa shape index (κ1) is 20.4. The van der Waals surface area contributed by atoms with Crippen LogP contribution in [0.5, 0.6) is 5.75 Å². The molecule has 0 saturated carbocycles. The molecule has 2 rings (SSSR count). The lowest BCUT2D eigenvalue weighted by Gasteiger charge is -2.12. The second kappa shape index (κ2) is 9.70. The van der Waals surface area contributed by atoms with E-state index in [2.05, 4.69) is 22.0 Å². The summed E-state index contributed by atoms with van der Waals surface area (Å²) in [5.41, 5.74) is 0.457. The molecule has 0 saturated heterocycles. The van der Waals surface area contributed by atoms with Crippen LogP contribution in [0.4, 0.5) is 4.39 Å². The number of rotatable bonds is 9. The smallest absolute Gasteiger partial charge is 0.313 e. The molecule has 0 fully saturated rings. The van der Waals surface area contributed by atoms with E-state index < -0.39 is 24.0 Å². The fourth-order valence-electron chi connectivity index (χ4n) is 2.12. The molecule has 0 amide bonds. The molecule has 144 valence electrons. The van der Waals surface area contributed by atoms with E-state index in [-0.39, 0.29) is 18.6 Å². The minimum atomic E-state index is -1.11. The quantitative estimate of drug-likeness (QED) is 0.388. The molecular weight excluding hydrogens is 355 g/mol. The van der Waals surface area contributed by atoms with Gasteiger partial charge >= 0.3 is 5.97 Å². The fraction of sp³-hybridized carbons (Fsp3) is 0.333. The highest BCUT2D eigenvalue weighted by atomic mass is 19.1. The summed E-state index contributed by atoms with van der Waals surface area (Å²) in [6, 6.07) is 4.94. The highest BCUT2D eigenvalue weighted by Gasteiger charge is 2.16. The van der Waals surface area contributed by atoms with Crippen LogP contribution in [0.1, 0.15) is 25.6 Å². The maximum Gasteiger partial charge on any atom is 0.313 e. The van der Waals surface area contributed by atoms with Crippen LogP contribution in [0.2, 0.25) is 0 Å². The highest BCUT2D eigenvalue weighted by molar-refractivity contribution is 5.72. The van der Waals surface area contributed by atoms with E-state index in [4.69, 9.17) is 4.74 Å². The Morgan fingerprint density at radius 2 is 2.07 bits per heavy atom. The zero-order valence-corrected chi connectivity index (χ0v) is 14.8. The number of aliphatic hydroxyl groups is 2. The van der Waals surface area contributed by atoms with Crippen molar-refractivity contribution in [1.82, 2.24) is 20.2 Å². The first-order chi connectivity index (χ1) is 12.9. The van der Waals surface area contributed by atoms with Crippen LogP contribution >= 0.6 is 0 Å². The van der Waals surface area contributed by atoms with Crippen LogP contribution in [0.3, 0.4) is 0 Å². The van der Waals surface area contributed by atoms with Crippen molar-refractivity contribution >= 4 is 11.5 Å². The molecule has 2 unspecified atom stereocenters. The van der Waals surface area contributed by atoms with Gasteiger partial charge in [-0.25, -0.2) is 4.39 Å². The van der Waals surface area contributed by atoms with Gasteiger partial charge in [-0.3, -0.25) is 4.79 Å². The second-order valence-corrected chi connectivity index (χ2v) is 5.77. The molecule has 8 nitrogen and oxygen atoms in total. The number of halogens is 1. The minimum absolute atomic E-state index is 0.0720. The summed E-state index contributed by atoms with van der Waals surface area (Å²) < 4.78 is 17.8. The number of hydrogen-bond acceptors (Lipinski definition) is 7. The Labute approximate surface area is 155 Å². The minimum Gasteiger partial charge on any atom is -0.426 e. The first-order valence-electron chi connectivity index (χ1n) is 8.35. The molecule has 0 aliphatic carbocycles. The predicted octanol–water partition coefficient (Wildman–Crippen LogP) is 1.51. The molecule has 0 spiro atoms. The number of carbonyl (C=O) groups is 1. The van der Waals surface area contributed by atoms with E-state index in [0.717, 1.165) is 12.1 Å². The standard InChI is InChI=1S/C18H21FN4O4/c1-3-23-21-18(20-22-23)12(2)4-7-14(24)10-15(25)11-17(26)27-16-8-5-13(19)6-9-16/h4-9,14-15,24-25H,2-3,10-11H2,1H3. The maximum atomic E-state index is 12.8. The molecule has 2 N–H and O–H groups in total. The van der Waals surface area contributed by atoms with Crippen molar-refractivity contribution in [3.05, 3.63) is 54.6 Å². The number of nitrogens with zero attached hydrogens (tertiary/aromatic N) is 4. The number of aryl methyl sites for hydroxylation is 1. The summed E-state index contributed by atoms with van der Waals surface area (Å²) in [5, 5.41) is 31.6. The van der Waals surface area contributed by atoms with Crippen LogP contribution in [0.15, 0.2) is 43.0 Å². The largest absolute Gasteiger partial charge is 0.426 e. The molecule has 9 heteroatoms. The van der Waals surface area contributed by atoms with E-state index in [1.807, 2.05) is 6.92 Å². The highest BCUT2D eigenvalue weighted by Crippen LogP contribution is 2.14. The number of esters is 1. The Kier molecular flexibility index (Phi) is 7.33. The molecule has 1 aromatic carbocycles. The van der Waals surface area contributed by atoms with E-state index in [1.54, 1.807) is 0 Å². The van der Waals surface area contributed by atoms with Gasteiger partial charge in [0.05, 0.1) is 25.2 Å². The van der Waals surface area contributed by atoms with E-state index in [0.29, 0.717) is 17.9 Å². The first-order valence-corrected chi connectivity index (χ1v) is 8.35. The lowest BCUT2D eigenvalue weighted by molar-refractivity contribution is -0.136. The number of benzene rings is 1. The van der Waals surface area contributed by atoms with Gasteiger partial charge in [0.25, 0.3) is 0 Å². The SMILES string of the molecule is C=C(C=CC(O)CC(O)CC(=O)Oc1ccc(F)cc1)c1nnn(CC)n1. The fourth-order valence-corrected chi connectivity index (χ4v) is 2.12. The van der Waals surface area contributed by atoms with Crippen LogP contribution in [0.25, 0.3) is 5.57 Å². The van der Waals surface area contributed by atoms with Crippen molar-refractivity contribution in [3.8, 4) is 5.75 Å². The molecule has 27 heavy (non-hydrogen) atoms. The second-order valence-electron chi connectivity index (χ2n) is 5.77. The third-order valence-corrected chi connectivity index (χ3v) is 3.50. The van der Waals surface area contributed by atoms with Gasteiger partial charge in [-0.05, 0) is 36.4 Å². The van der Waals surface area contributed by atoms with Crippen molar-refractivity contribution in [2.24, 2.45) is 0 Å². The Morgan fingerprint density at radius 1 is 1.37 bits per heavy atom. The van der Waals surface area contributed by atoms with Gasteiger partial charge in [0.15, 0.2) is 0 Å². The molecule has 0 radical (unpaired) electrons. The molecule has 0 aliphatic rings. The lowest BCUT2D eigenvalue weighted by Crippen LogP contribution is -2.22. The van der Waals surface area contributed by atoms with E-state index >= 15 is 0 Å². The number of carbonyl (C=O) groups excluding carboxylic acids is 1. The van der Waals surface area contributed by atoms with Gasteiger partial charge in [-0.2, -0.15) is 4.80 Å². The number of aromatic nitrogens is 4. The van der Waals surface area contributed by atoms with Gasteiger partial charge < -0.3 is 14.9 Å². The van der Waals surface area contributed by atoms with Gasteiger partial charge in [-0.15, -0.1) is 10.2 Å². The van der Waals surface area contributed by atoms with Crippen LogP contribution in [-0.2, 0) is 11.3 Å². The number of hydrogen-bond donors (Lipinski definition) is 2. The van der Waals surface area contributed by atoms with E-state index in [9.17, 15) is 19.4 Å². The zero-order valence-electron chi connectivity index (χ0n) is 14.8. The van der Waals surface area contributed by atoms with E-state index in [1.165, 1.54) is 29.1 Å². The molecule has 1 aromatic heterocycles. The average molecular weight is 376 g/mol. The van der Waals surface area contributed by atoms with Crippen LogP contribution in [-0.4, -0.2) is 48.6 Å². The topological polar surface area (TPSA) is 110 Å². The third kappa shape index (κ3) is 6.72. The zero-order chi connectivity index (χ0) is 19.8. The van der Waals surface area contributed by atoms with Gasteiger partial charge in [-0.1, -0.05) is 18.7 Å². The van der Waals surface area contributed by atoms with Crippen molar-refractivity contribution in [2.75, 3.05) is 0 Å². The van der Waals surface area contributed by atoms with Crippen LogP contribution < -0.4 is 4.74 Å². The molecule has 0 bridgehead atoms. The number of allylic oxidation sites excluding steroid dienone is 2. The molecule has 2 atom stereocenters. The molecule has 2 aromatic rings. The summed E-state index contributed by atoms with van der Waals surface area (Å²) in [4.78, 5) is 13.2. The lowest BCUT2D eigenvalue weighted by atomic mass is 10.1. The van der Waals surface area contributed by atoms with Crippen LogP contribution in [0, 0.1) is 5.82 Å². The summed E-state index contributed by atoms with van der Waals surface area (Å²) in [7, 11) is 0. The predicted molar refractivity (Wildman–Crippen MR) is 94.9 cm³/mol. The number of tetrazole rings is 1. The average Bonchev–Trinajstić information content (AvgIpc) is 3.10. The monoisotopic (exact) mass is 376 g/mol. The summed E-state index contributed by atoms with van der Waals surface area (Å²) >= 11 is 0. The Hall–Kier alpha value is -2.91. The van der Waals surface area contributed by atoms with Gasteiger partial charge in [0.1, 0.15) is 11.6 Å². The van der Waals surface area contributed by atoms with Crippen molar-refractivity contribution in [2.45, 2.75) is 38.5 Å². The normalized spacial score (nSPS) is 13.5. The van der Waals surface area contributed by atoms with Crippen molar-refractivity contribution < 1.29 is 24.1 Å². The number of ether oxygens (including phenoxy) is 1. The van der Waals surface area contributed by atoms with Gasteiger partial charge in [0.2, 0.25) is 5.82 Å². The van der Waals surface area contributed by atoms with Crippen molar-refractivity contribution in [3.63, 3.8) is 0 Å². The number of aliphatic hydroxyl groups excluding tert-OH is 2. The third-order valence-electron chi connectivity index (χ3n) is 3.50. The summed E-state index contributed by atoms with van der Waals surface area (Å²) in [6.07, 6.45) is 0.448. The molecule has 1 heterocycles. The Morgan fingerprint density at radius 3 is 2.70 bits per heavy atom. The van der Waals surface area contributed by atoms with Crippen molar-refractivity contribution in [1.29, 1.82) is 0 Å². The molecule has 0 aliphatic heterocycles. The summed E-state index contributed by atoms with van der Waals surface area (Å²) in [5.74, 6) is -0.615. The Bertz CT molecular complexity index is 804.